The zero-order valence-electron chi connectivity index (χ0n) is 10.0. The van der Waals surface area contributed by atoms with Crippen LogP contribution in [0.25, 0.3) is 0 Å². The first kappa shape index (κ1) is 12.8. The molecule has 2 rings (SSSR count). The molecule has 2 unspecified atom stereocenters. The van der Waals surface area contributed by atoms with Gasteiger partial charge in [-0.15, -0.1) is 0 Å². The summed E-state index contributed by atoms with van der Waals surface area (Å²) in [6.45, 7) is 2.07. The van der Waals surface area contributed by atoms with Gasteiger partial charge in [0, 0.05) is 6.04 Å². The predicted octanol–water partition coefficient (Wildman–Crippen LogP) is 3.26. The Balaban J connectivity index is 2.12. The quantitative estimate of drug-likeness (QED) is 0.849. The van der Waals surface area contributed by atoms with Gasteiger partial charge in [0.15, 0.2) is 0 Å². The number of carbonyl (C=O) groups is 1. The molecule has 98 valence electrons. The predicted molar refractivity (Wildman–Crippen MR) is 63.7 cm³/mol. The smallest absolute Gasteiger partial charge is 0.335 e. The van der Waals surface area contributed by atoms with Crippen molar-refractivity contribution in [1.82, 2.24) is 0 Å². The molecule has 18 heavy (non-hydrogen) atoms. The van der Waals surface area contributed by atoms with Crippen molar-refractivity contribution in [3.8, 4) is 0 Å². The fraction of sp³-hybridized carbons (Fsp3) is 0.462. The number of anilines is 1. The van der Waals surface area contributed by atoms with E-state index in [-0.39, 0.29) is 17.3 Å². The van der Waals surface area contributed by atoms with Crippen LogP contribution in [0.15, 0.2) is 12.1 Å². The SMILES string of the molecule is CCCC1CC1Nc1c(F)cc(C(=O)O)cc1F. The highest BCUT2D eigenvalue weighted by atomic mass is 19.1. The molecule has 0 amide bonds. The van der Waals surface area contributed by atoms with E-state index >= 15 is 0 Å². The number of carboxylic acid groups (broad SMARTS) is 1. The van der Waals surface area contributed by atoms with Crippen LogP contribution in [0.1, 0.15) is 36.5 Å². The Labute approximate surface area is 104 Å². The van der Waals surface area contributed by atoms with Crippen molar-refractivity contribution in [2.24, 2.45) is 5.92 Å². The zero-order chi connectivity index (χ0) is 13.3. The molecular formula is C13H15F2NO2. The average molecular weight is 255 g/mol. The van der Waals surface area contributed by atoms with E-state index in [0.29, 0.717) is 5.92 Å². The Morgan fingerprint density at radius 1 is 1.44 bits per heavy atom. The molecule has 1 aromatic carbocycles. The molecule has 2 atom stereocenters. The van der Waals surface area contributed by atoms with Gasteiger partial charge in [-0.2, -0.15) is 0 Å². The van der Waals surface area contributed by atoms with Crippen molar-refractivity contribution in [3.63, 3.8) is 0 Å². The molecule has 3 nitrogen and oxygen atoms in total. The van der Waals surface area contributed by atoms with E-state index < -0.39 is 17.6 Å². The maximum atomic E-state index is 13.6. The Hall–Kier alpha value is -1.65. The molecule has 5 heteroatoms. The molecule has 1 aliphatic carbocycles. The first-order valence-corrected chi connectivity index (χ1v) is 6.01. The Bertz CT molecular complexity index is 453. The summed E-state index contributed by atoms with van der Waals surface area (Å²) in [5.41, 5.74) is -0.597. The van der Waals surface area contributed by atoms with Gasteiger partial charge in [-0.25, -0.2) is 13.6 Å². The number of hydrogen-bond acceptors (Lipinski definition) is 2. The summed E-state index contributed by atoms with van der Waals surface area (Å²) in [6.07, 6.45) is 2.99. The monoisotopic (exact) mass is 255 g/mol. The van der Waals surface area contributed by atoms with Crippen LogP contribution in [0.2, 0.25) is 0 Å². The van der Waals surface area contributed by atoms with Gasteiger partial charge in [0.1, 0.15) is 17.3 Å². The van der Waals surface area contributed by atoms with Crippen LogP contribution in [0.5, 0.6) is 0 Å². The average Bonchev–Trinajstić information content (AvgIpc) is 3.02. The van der Waals surface area contributed by atoms with Crippen molar-refractivity contribution < 1.29 is 18.7 Å². The molecule has 0 radical (unpaired) electrons. The molecular weight excluding hydrogens is 240 g/mol. The second kappa shape index (κ2) is 4.92. The summed E-state index contributed by atoms with van der Waals surface area (Å²) in [5.74, 6) is -2.58. The van der Waals surface area contributed by atoms with Gasteiger partial charge in [0.2, 0.25) is 0 Å². The Kier molecular flexibility index (Phi) is 3.50. The molecule has 1 fully saturated rings. The van der Waals surface area contributed by atoms with Gasteiger partial charge in [0.25, 0.3) is 0 Å². The van der Waals surface area contributed by atoms with Gasteiger partial charge in [0.05, 0.1) is 5.56 Å². The lowest BCUT2D eigenvalue weighted by Gasteiger charge is -2.09. The van der Waals surface area contributed by atoms with E-state index in [1.165, 1.54) is 0 Å². The fourth-order valence-corrected chi connectivity index (χ4v) is 2.13. The van der Waals surface area contributed by atoms with Crippen molar-refractivity contribution in [1.29, 1.82) is 0 Å². The molecule has 0 saturated heterocycles. The van der Waals surface area contributed by atoms with E-state index in [1.807, 2.05) is 0 Å². The zero-order valence-corrected chi connectivity index (χ0v) is 10.0. The summed E-state index contributed by atoms with van der Waals surface area (Å²) in [4.78, 5) is 10.6. The van der Waals surface area contributed by atoms with E-state index in [4.69, 9.17) is 5.11 Å². The normalized spacial score (nSPS) is 21.7. The van der Waals surface area contributed by atoms with Gasteiger partial charge in [-0.1, -0.05) is 13.3 Å². The second-order valence-corrected chi connectivity index (χ2v) is 4.66. The summed E-state index contributed by atoms with van der Waals surface area (Å²) < 4.78 is 27.2. The van der Waals surface area contributed by atoms with Crippen molar-refractivity contribution in [2.75, 3.05) is 5.32 Å². The Morgan fingerprint density at radius 2 is 2.06 bits per heavy atom. The minimum atomic E-state index is -1.34. The number of rotatable bonds is 5. The molecule has 2 N–H and O–H groups in total. The van der Waals surface area contributed by atoms with Gasteiger partial charge >= 0.3 is 5.97 Å². The first-order valence-electron chi connectivity index (χ1n) is 6.01. The second-order valence-electron chi connectivity index (χ2n) is 4.66. The van der Waals surface area contributed by atoms with Crippen LogP contribution < -0.4 is 5.32 Å². The van der Waals surface area contributed by atoms with Crippen LogP contribution in [-0.2, 0) is 0 Å². The van der Waals surface area contributed by atoms with Gasteiger partial charge < -0.3 is 10.4 Å². The van der Waals surface area contributed by atoms with E-state index in [0.717, 1.165) is 31.4 Å². The van der Waals surface area contributed by atoms with Crippen LogP contribution >= 0.6 is 0 Å². The maximum Gasteiger partial charge on any atom is 0.335 e. The number of halogens is 2. The number of aromatic carboxylic acids is 1. The number of hydrogen-bond donors (Lipinski definition) is 2. The molecule has 1 saturated carbocycles. The van der Waals surface area contributed by atoms with E-state index in [9.17, 15) is 13.6 Å². The molecule has 1 aliphatic rings. The number of benzene rings is 1. The standard InChI is InChI=1S/C13H15F2NO2/c1-2-3-7-6-11(7)16-12-9(14)4-8(13(17)18)5-10(12)15/h4-5,7,11,16H,2-3,6H2,1H3,(H,17,18). The molecule has 0 heterocycles. The highest BCUT2D eigenvalue weighted by Gasteiger charge is 2.37. The lowest BCUT2D eigenvalue weighted by Crippen LogP contribution is -2.10. The molecule has 0 bridgehead atoms. The largest absolute Gasteiger partial charge is 0.478 e. The number of carboxylic acids is 1. The molecule has 0 aliphatic heterocycles. The lowest BCUT2D eigenvalue weighted by atomic mass is 10.2. The third kappa shape index (κ3) is 2.60. The maximum absolute atomic E-state index is 13.6. The lowest BCUT2D eigenvalue weighted by molar-refractivity contribution is 0.0696. The highest BCUT2D eigenvalue weighted by molar-refractivity contribution is 5.88. The third-order valence-corrected chi connectivity index (χ3v) is 3.20. The molecule has 1 aromatic rings. The minimum absolute atomic E-state index is 0.102. The third-order valence-electron chi connectivity index (χ3n) is 3.20. The summed E-state index contributed by atoms with van der Waals surface area (Å²) in [7, 11) is 0. The summed E-state index contributed by atoms with van der Waals surface area (Å²) in [5, 5.41) is 11.5. The fourth-order valence-electron chi connectivity index (χ4n) is 2.13. The van der Waals surface area contributed by atoms with Crippen LogP contribution in [0.3, 0.4) is 0 Å². The van der Waals surface area contributed by atoms with Crippen LogP contribution in [0.4, 0.5) is 14.5 Å². The molecule has 0 spiro atoms. The van der Waals surface area contributed by atoms with Crippen LogP contribution in [0, 0.1) is 17.6 Å². The summed E-state index contributed by atoms with van der Waals surface area (Å²) in [6, 6.07) is 1.78. The minimum Gasteiger partial charge on any atom is -0.478 e. The highest BCUT2D eigenvalue weighted by Crippen LogP contribution is 2.38. The van der Waals surface area contributed by atoms with Crippen molar-refractivity contribution in [3.05, 3.63) is 29.3 Å². The van der Waals surface area contributed by atoms with E-state index in [2.05, 4.69) is 12.2 Å². The van der Waals surface area contributed by atoms with Gasteiger partial charge in [-0.3, -0.25) is 0 Å². The topological polar surface area (TPSA) is 49.3 Å². The van der Waals surface area contributed by atoms with Crippen molar-refractivity contribution >= 4 is 11.7 Å². The van der Waals surface area contributed by atoms with Crippen molar-refractivity contribution in [2.45, 2.75) is 32.2 Å². The Morgan fingerprint density at radius 3 is 2.56 bits per heavy atom. The van der Waals surface area contributed by atoms with Gasteiger partial charge in [-0.05, 0) is 30.9 Å². The molecule has 0 aromatic heterocycles. The van der Waals surface area contributed by atoms with Crippen LogP contribution in [-0.4, -0.2) is 17.1 Å². The van der Waals surface area contributed by atoms with E-state index in [1.54, 1.807) is 0 Å². The summed E-state index contributed by atoms with van der Waals surface area (Å²) >= 11 is 0. The number of nitrogens with one attached hydrogen (secondary N) is 1. The first-order chi connectivity index (χ1) is 8.52.